The maximum atomic E-state index is 11.8. The minimum absolute atomic E-state index is 0.356. The van der Waals surface area contributed by atoms with Gasteiger partial charge in [0.25, 0.3) is 5.91 Å². The summed E-state index contributed by atoms with van der Waals surface area (Å²) >= 11 is 0. The van der Waals surface area contributed by atoms with Crippen LogP contribution in [0, 0.1) is 0 Å². The Morgan fingerprint density at radius 3 is 2.67 bits per heavy atom. The van der Waals surface area contributed by atoms with E-state index in [0.29, 0.717) is 26.2 Å². The van der Waals surface area contributed by atoms with Gasteiger partial charge in [-0.1, -0.05) is 25.1 Å². The van der Waals surface area contributed by atoms with E-state index in [1.54, 1.807) is 6.92 Å². The summed E-state index contributed by atoms with van der Waals surface area (Å²) in [5.74, 6) is -0.415. The maximum Gasteiger partial charge on any atom is 0.333 e. The SMILES string of the molecule is CC[C@H](N)C(=O)NNC(=O)NCc1ccccc1N1CCOCC1. The van der Waals surface area contributed by atoms with Gasteiger partial charge in [-0.3, -0.25) is 10.2 Å². The Morgan fingerprint density at radius 2 is 1.96 bits per heavy atom. The van der Waals surface area contributed by atoms with Gasteiger partial charge >= 0.3 is 6.03 Å². The number of carbonyl (C=O) groups excluding carboxylic acids is 2. The number of nitrogens with zero attached hydrogens (tertiary/aromatic N) is 1. The second-order valence-corrected chi connectivity index (χ2v) is 5.54. The Morgan fingerprint density at radius 1 is 1.25 bits per heavy atom. The number of para-hydroxylation sites is 1. The lowest BCUT2D eigenvalue weighted by atomic mass is 10.1. The van der Waals surface area contributed by atoms with Gasteiger partial charge in [0, 0.05) is 25.3 Å². The quantitative estimate of drug-likeness (QED) is 0.570. The first-order chi connectivity index (χ1) is 11.6. The van der Waals surface area contributed by atoms with E-state index in [-0.39, 0.29) is 0 Å². The Bertz CT molecular complexity index is 560. The summed E-state index contributed by atoms with van der Waals surface area (Å²) in [6.45, 7) is 5.21. The number of hydrogen-bond donors (Lipinski definition) is 4. The minimum atomic E-state index is -0.632. The molecule has 1 aliphatic heterocycles. The van der Waals surface area contributed by atoms with E-state index in [0.717, 1.165) is 24.3 Å². The third-order valence-corrected chi connectivity index (χ3v) is 3.86. The van der Waals surface area contributed by atoms with Crippen LogP contribution in [0.5, 0.6) is 0 Å². The average Bonchev–Trinajstić information content (AvgIpc) is 2.64. The fourth-order valence-corrected chi connectivity index (χ4v) is 2.39. The van der Waals surface area contributed by atoms with Gasteiger partial charge in [0.15, 0.2) is 0 Å². The number of anilines is 1. The van der Waals surface area contributed by atoms with Crippen LogP contribution in [-0.4, -0.2) is 44.3 Å². The summed E-state index contributed by atoms with van der Waals surface area (Å²) in [7, 11) is 0. The number of urea groups is 1. The van der Waals surface area contributed by atoms with Crippen molar-refractivity contribution in [3.63, 3.8) is 0 Å². The lowest BCUT2D eigenvalue weighted by Gasteiger charge is -2.30. The highest BCUT2D eigenvalue weighted by Crippen LogP contribution is 2.21. The largest absolute Gasteiger partial charge is 0.378 e. The Labute approximate surface area is 141 Å². The Balaban J connectivity index is 1.85. The molecule has 1 aromatic rings. The molecule has 0 spiro atoms. The molecule has 24 heavy (non-hydrogen) atoms. The molecule has 1 saturated heterocycles. The zero-order valence-corrected chi connectivity index (χ0v) is 13.9. The number of amides is 3. The van der Waals surface area contributed by atoms with Crippen LogP contribution in [0.3, 0.4) is 0 Å². The number of morpholine rings is 1. The number of rotatable bonds is 5. The predicted octanol–water partition coefficient (Wildman–Crippen LogP) is 0.0909. The molecule has 0 radical (unpaired) electrons. The molecule has 1 aliphatic rings. The minimum Gasteiger partial charge on any atom is -0.378 e. The summed E-state index contributed by atoms with van der Waals surface area (Å²) in [5.41, 5.74) is 12.3. The van der Waals surface area contributed by atoms with Crippen LogP contribution in [0.25, 0.3) is 0 Å². The van der Waals surface area contributed by atoms with Crippen molar-refractivity contribution in [2.24, 2.45) is 5.73 Å². The summed E-state index contributed by atoms with van der Waals surface area (Å²) in [4.78, 5) is 25.6. The first kappa shape index (κ1) is 18.0. The standard InChI is InChI=1S/C16H25N5O3/c1-2-13(17)15(22)19-20-16(23)18-11-12-5-3-4-6-14(12)21-7-9-24-10-8-21/h3-6,13H,2,7-11,17H2,1H3,(H,19,22)(H2,18,20,23)/t13-/m0/s1. The molecule has 1 atom stereocenters. The van der Waals surface area contributed by atoms with Crippen LogP contribution in [0.15, 0.2) is 24.3 Å². The van der Waals surface area contributed by atoms with Crippen LogP contribution >= 0.6 is 0 Å². The molecule has 0 saturated carbocycles. The molecule has 1 fully saturated rings. The monoisotopic (exact) mass is 335 g/mol. The van der Waals surface area contributed by atoms with Crippen molar-refractivity contribution in [1.82, 2.24) is 16.2 Å². The highest BCUT2D eigenvalue weighted by atomic mass is 16.5. The van der Waals surface area contributed by atoms with E-state index >= 15 is 0 Å². The first-order valence-electron chi connectivity index (χ1n) is 8.11. The average molecular weight is 335 g/mol. The third kappa shape index (κ3) is 5.10. The van der Waals surface area contributed by atoms with Crippen molar-refractivity contribution < 1.29 is 14.3 Å². The summed E-state index contributed by atoms with van der Waals surface area (Å²) in [5, 5.41) is 2.73. The van der Waals surface area contributed by atoms with Crippen LogP contribution in [-0.2, 0) is 16.1 Å². The highest BCUT2D eigenvalue weighted by molar-refractivity contribution is 5.84. The molecule has 5 N–H and O–H groups in total. The molecular weight excluding hydrogens is 310 g/mol. The number of nitrogens with one attached hydrogen (secondary N) is 3. The van der Waals surface area contributed by atoms with Gasteiger partial charge in [-0.05, 0) is 18.1 Å². The van der Waals surface area contributed by atoms with Crippen molar-refractivity contribution in [2.45, 2.75) is 25.9 Å². The number of benzene rings is 1. The number of nitrogens with two attached hydrogens (primary N) is 1. The van der Waals surface area contributed by atoms with E-state index in [1.807, 2.05) is 24.3 Å². The van der Waals surface area contributed by atoms with E-state index < -0.39 is 18.0 Å². The topological polar surface area (TPSA) is 109 Å². The molecule has 1 heterocycles. The second-order valence-electron chi connectivity index (χ2n) is 5.54. The number of ether oxygens (including phenoxy) is 1. The molecule has 0 unspecified atom stereocenters. The molecular formula is C16H25N5O3. The molecule has 1 aromatic carbocycles. The Kier molecular flexibility index (Phi) is 6.83. The molecule has 132 valence electrons. The van der Waals surface area contributed by atoms with Crippen LogP contribution in [0.4, 0.5) is 10.5 Å². The zero-order chi connectivity index (χ0) is 17.4. The van der Waals surface area contributed by atoms with Crippen molar-refractivity contribution in [2.75, 3.05) is 31.2 Å². The fourth-order valence-electron chi connectivity index (χ4n) is 2.39. The van der Waals surface area contributed by atoms with Crippen molar-refractivity contribution in [3.05, 3.63) is 29.8 Å². The van der Waals surface area contributed by atoms with Gasteiger partial charge in [0.05, 0.1) is 19.3 Å². The van der Waals surface area contributed by atoms with Gasteiger partial charge in [-0.25, -0.2) is 10.2 Å². The highest BCUT2D eigenvalue weighted by Gasteiger charge is 2.15. The number of hydrazine groups is 1. The molecule has 0 bridgehead atoms. The van der Waals surface area contributed by atoms with Gasteiger partial charge in [0.1, 0.15) is 0 Å². The molecule has 8 nitrogen and oxygen atoms in total. The smallest absolute Gasteiger partial charge is 0.333 e. The van der Waals surface area contributed by atoms with Crippen LogP contribution in [0.2, 0.25) is 0 Å². The zero-order valence-electron chi connectivity index (χ0n) is 13.9. The van der Waals surface area contributed by atoms with E-state index in [4.69, 9.17) is 10.5 Å². The summed E-state index contributed by atoms with van der Waals surface area (Å²) in [6, 6.07) is 6.79. The molecule has 0 aliphatic carbocycles. The maximum absolute atomic E-state index is 11.8. The van der Waals surface area contributed by atoms with Gasteiger partial charge in [0.2, 0.25) is 0 Å². The normalized spacial score (nSPS) is 15.5. The second kappa shape index (κ2) is 9.09. The predicted molar refractivity (Wildman–Crippen MR) is 91.3 cm³/mol. The van der Waals surface area contributed by atoms with Gasteiger partial charge < -0.3 is 20.7 Å². The van der Waals surface area contributed by atoms with Gasteiger partial charge in [-0.15, -0.1) is 0 Å². The fraction of sp³-hybridized carbons (Fsp3) is 0.500. The summed E-state index contributed by atoms with van der Waals surface area (Å²) < 4.78 is 5.37. The van der Waals surface area contributed by atoms with E-state index in [9.17, 15) is 9.59 Å². The number of hydrogen-bond acceptors (Lipinski definition) is 5. The van der Waals surface area contributed by atoms with Gasteiger partial charge in [-0.2, -0.15) is 0 Å². The molecule has 3 amide bonds. The molecule has 0 aromatic heterocycles. The van der Waals surface area contributed by atoms with E-state index in [2.05, 4.69) is 21.1 Å². The summed E-state index contributed by atoms with van der Waals surface area (Å²) in [6.07, 6.45) is 0.502. The third-order valence-electron chi connectivity index (χ3n) is 3.86. The van der Waals surface area contributed by atoms with Crippen LogP contribution < -0.4 is 26.8 Å². The van der Waals surface area contributed by atoms with Crippen molar-refractivity contribution >= 4 is 17.6 Å². The van der Waals surface area contributed by atoms with Crippen molar-refractivity contribution in [1.29, 1.82) is 0 Å². The van der Waals surface area contributed by atoms with Crippen LogP contribution in [0.1, 0.15) is 18.9 Å². The van der Waals surface area contributed by atoms with Crippen molar-refractivity contribution in [3.8, 4) is 0 Å². The molecule has 2 rings (SSSR count). The Hall–Kier alpha value is -2.32. The van der Waals surface area contributed by atoms with E-state index in [1.165, 1.54) is 0 Å². The molecule has 8 heteroatoms. The lowest BCUT2D eigenvalue weighted by molar-refractivity contribution is -0.123. The lowest BCUT2D eigenvalue weighted by Crippen LogP contribution is -2.51. The number of carbonyl (C=O) groups is 2. The first-order valence-corrected chi connectivity index (χ1v) is 8.11.